The molecule has 3 fully saturated rings. The molecule has 4 N–H and O–H groups in total. The first kappa shape index (κ1) is 27.8. The predicted molar refractivity (Wildman–Crippen MR) is 170 cm³/mol. The van der Waals surface area contributed by atoms with Gasteiger partial charge in [0.15, 0.2) is 5.82 Å². The number of rotatable bonds is 8. The molecular weight excluding hydrogens is 568 g/mol. The number of hydrogen-bond donors (Lipinski definition) is 2. The monoisotopic (exact) mass is 604 g/mol. The van der Waals surface area contributed by atoms with Crippen molar-refractivity contribution in [3.05, 3.63) is 59.9 Å². The Kier molecular flexibility index (Phi) is 6.42. The van der Waals surface area contributed by atoms with Crippen LogP contribution in [0.5, 0.6) is 5.75 Å². The molecule has 45 heavy (non-hydrogen) atoms. The van der Waals surface area contributed by atoms with E-state index in [1.165, 1.54) is 12.8 Å². The minimum Gasteiger partial charge on any atom is -0.494 e. The molecule has 5 aromatic rings. The third-order valence-corrected chi connectivity index (χ3v) is 9.90. The molecule has 3 atom stereocenters. The van der Waals surface area contributed by atoms with Crippen LogP contribution in [0.25, 0.3) is 44.8 Å². The SMILES string of the molecule is COc1cc(C(=O)N2CC3CCC2C3N)cc2nc(-c3cc4ccc(-c5ccc(CC(N)=O)nc5)nc4n3CC3CC3)n(C)c12. The van der Waals surface area contributed by atoms with E-state index >= 15 is 0 Å². The number of imidazole rings is 1. The van der Waals surface area contributed by atoms with Gasteiger partial charge in [-0.15, -0.1) is 0 Å². The number of hydrogen-bond acceptors (Lipinski definition) is 7. The lowest BCUT2D eigenvalue weighted by molar-refractivity contribution is -0.117. The molecule has 11 heteroatoms. The first-order chi connectivity index (χ1) is 21.8. The molecule has 3 aliphatic rings. The van der Waals surface area contributed by atoms with Crippen LogP contribution < -0.4 is 16.2 Å². The molecule has 1 saturated heterocycles. The van der Waals surface area contributed by atoms with Gasteiger partial charge in [-0.25, -0.2) is 9.97 Å². The number of amides is 2. The Morgan fingerprint density at radius 1 is 1.04 bits per heavy atom. The Balaban J connectivity index is 1.20. The Bertz CT molecular complexity index is 1990. The van der Waals surface area contributed by atoms with Gasteiger partial charge in [0.25, 0.3) is 5.91 Å². The average molecular weight is 605 g/mol. The molecule has 1 aliphatic heterocycles. The van der Waals surface area contributed by atoms with E-state index in [2.05, 4.69) is 26.3 Å². The fourth-order valence-electron chi connectivity index (χ4n) is 7.34. The molecule has 1 aromatic carbocycles. The zero-order valence-electron chi connectivity index (χ0n) is 25.4. The first-order valence-electron chi connectivity index (χ1n) is 15.6. The van der Waals surface area contributed by atoms with Crippen LogP contribution in [0.2, 0.25) is 0 Å². The van der Waals surface area contributed by atoms with Gasteiger partial charge in [0.1, 0.15) is 16.9 Å². The Hall–Kier alpha value is -4.77. The van der Waals surface area contributed by atoms with Crippen LogP contribution in [-0.2, 0) is 24.8 Å². The van der Waals surface area contributed by atoms with Crippen LogP contribution in [0.4, 0.5) is 0 Å². The Morgan fingerprint density at radius 3 is 2.56 bits per heavy atom. The van der Waals surface area contributed by atoms with Crippen molar-refractivity contribution in [1.82, 2.24) is 29.0 Å². The van der Waals surface area contributed by atoms with Crippen LogP contribution in [0.15, 0.2) is 48.7 Å². The molecule has 3 unspecified atom stereocenters. The second kappa shape index (κ2) is 10.4. The predicted octanol–water partition coefficient (Wildman–Crippen LogP) is 3.66. The normalized spacial score (nSPS) is 20.9. The van der Waals surface area contributed by atoms with Crippen molar-refractivity contribution in [3.63, 3.8) is 0 Å². The molecule has 5 heterocycles. The summed E-state index contributed by atoms with van der Waals surface area (Å²) in [5.41, 5.74) is 18.0. The largest absolute Gasteiger partial charge is 0.494 e. The van der Waals surface area contributed by atoms with E-state index in [-0.39, 0.29) is 24.4 Å². The smallest absolute Gasteiger partial charge is 0.254 e. The molecule has 2 aliphatic carbocycles. The van der Waals surface area contributed by atoms with Gasteiger partial charge in [-0.2, -0.15) is 0 Å². The number of methoxy groups -OCH3 is 1. The number of nitrogens with zero attached hydrogens (tertiary/aromatic N) is 6. The summed E-state index contributed by atoms with van der Waals surface area (Å²) in [4.78, 5) is 41.6. The summed E-state index contributed by atoms with van der Waals surface area (Å²) < 4.78 is 10.2. The highest BCUT2D eigenvalue weighted by atomic mass is 16.5. The number of benzene rings is 1. The number of fused-ring (bicyclic) bond motifs is 4. The van der Waals surface area contributed by atoms with Gasteiger partial charge in [0.2, 0.25) is 5.91 Å². The first-order valence-corrected chi connectivity index (χ1v) is 15.6. The zero-order valence-corrected chi connectivity index (χ0v) is 25.4. The van der Waals surface area contributed by atoms with E-state index in [1.54, 1.807) is 13.3 Å². The van der Waals surface area contributed by atoms with Crippen LogP contribution >= 0.6 is 0 Å². The van der Waals surface area contributed by atoms with Crippen LogP contribution in [0.1, 0.15) is 41.7 Å². The van der Waals surface area contributed by atoms with Gasteiger partial charge in [-0.3, -0.25) is 14.6 Å². The molecule has 2 bridgehead atoms. The lowest BCUT2D eigenvalue weighted by Crippen LogP contribution is -2.41. The van der Waals surface area contributed by atoms with Crippen LogP contribution in [0, 0.1) is 11.8 Å². The summed E-state index contributed by atoms with van der Waals surface area (Å²) in [6.45, 7) is 1.55. The van der Waals surface area contributed by atoms with Crippen molar-refractivity contribution in [1.29, 1.82) is 0 Å². The van der Waals surface area contributed by atoms with E-state index in [9.17, 15) is 9.59 Å². The van der Waals surface area contributed by atoms with Crippen molar-refractivity contribution in [3.8, 4) is 28.5 Å². The second-order valence-electron chi connectivity index (χ2n) is 12.9. The maximum atomic E-state index is 13.7. The van der Waals surface area contributed by atoms with Gasteiger partial charge >= 0.3 is 0 Å². The minimum atomic E-state index is -0.411. The van der Waals surface area contributed by atoms with Crippen LogP contribution in [0.3, 0.4) is 0 Å². The van der Waals surface area contributed by atoms with E-state index in [4.69, 9.17) is 26.2 Å². The summed E-state index contributed by atoms with van der Waals surface area (Å²) in [5, 5.41) is 1.02. The van der Waals surface area contributed by atoms with E-state index in [0.717, 1.165) is 58.7 Å². The third-order valence-electron chi connectivity index (χ3n) is 9.90. The quantitative estimate of drug-likeness (QED) is 0.275. The number of carbonyl (C=O) groups excluding carboxylic acids is 2. The van der Waals surface area contributed by atoms with Gasteiger partial charge < -0.3 is 30.2 Å². The molecule has 11 nitrogen and oxygen atoms in total. The highest BCUT2D eigenvalue weighted by Gasteiger charge is 2.47. The van der Waals surface area contributed by atoms with E-state index < -0.39 is 5.91 Å². The minimum absolute atomic E-state index is 0.0122. The zero-order chi connectivity index (χ0) is 31.0. The molecule has 8 rings (SSSR count). The molecule has 2 saturated carbocycles. The molecule has 0 radical (unpaired) electrons. The number of ether oxygens (including phenoxy) is 1. The fraction of sp³-hybridized carbons (Fsp3) is 0.382. The highest BCUT2D eigenvalue weighted by molar-refractivity contribution is 6.00. The second-order valence-corrected chi connectivity index (χ2v) is 12.9. The number of likely N-dealkylation sites (tertiary alicyclic amines) is 1. The molecule has 4 aromatic heterocycles. The number of aromatic nitrogens is 5. The van der Waals surface area contributed by atoms with Crippen molar-refractivity contribution >= 4 is 33.9 Å². The lowest BCUT2D eigenvalue weighted by atomic mass is 10.1. The third kappa shape index (κ3) is 4.64. The average Bonchev–Trinajstić information content (AvgIpc) is 3.44. The van der Waals surface area contributed by atoms with E-state index in [1.807, 2.05) is 42.3 Å². The molecule has 2 amide bonds. The van der Waals surface area contributed by atoms with Crippen molar-refractivity contribution < 1.29 is 14.3 Å². The van der Waals surface area contributed by atoms with Crippen molar-refractivity contribution in [2.75, 3.05) is 13.7 Å². The summed E-state index contributed by atoms with van der Waals surface area (Å²) in [6.07, 6.45) is 6.27. The van der Waals surface area contributed by atoms with Gasteiger partial charge in [-0.05, 0) is 80.0 Å². The maximum Gasteiger partial charge on any atom is 0.254 e. The molecule has 230 valence electrons. The topological polar surface area (TPSA) is 147 Å². The number of pyridine rings is 2. The number of aryl methyl sites for hydroxylation is 1. The summed E-state index contributed by atoms with van der Waals surface area (Å²) >= 11 is 0. The highest BCUT2D eigenvalue weighted by Crippen LogP contribution is 2.40. The molecular formula is C34H36N8O3. The summed E-state index contributed by atoms with van der Waals surface area (Å²) in [5.74, 6) is 1.95. The van der Waals surface area contributed by atoms with E-state index in [0.29, 0.717) is 40.9 Å². The summed E-state index contributed by atoms with van der Waals surface area (Å²) in [6, 6.07) is 13.8. The Labute approximate surface area is 260 Å². The number of nitrogens with two attached hydrogens (primary N) is 2. The van der Waals surface area contributed by atoms with Crippen molar-refractivity contribution in [2.45, 2.75) is 50.7 Å². The molecule has 0 spiro atoms. The maximum absolute atomic E-state index is 13.7. The number of carbonyl (C=O) groups is 2. The standard InChI is InChI=1S/C34H36N8O3/c1-40-31-25(11-22(13-28(31)45-2)34(44)42-17-21-7-10-26(42)30(21)36)39-33(40)27-12-19-6-9-24(38-32(19)41(27)16-18-3-4-18)20-5-8-23(37-15-20)14-29(35)43/h5-6,8-9,11-13,15,18,21,26,30H,3-4,7,10,14,16-17,36H2,1-2H3,(H2,35,43). The van der Waals surface area contributed by atoms with Crippen molar-refractivity contribution in [2.24, 2.45) is 30.4 Å². The van der Waals surface area contributed by atoms with Gasteiger partial charge in [0.05, 0.1) is 30.4 Å². The van der Waals surface area contributed by atoms with Gasteiger partial charge in [-0.1, -0.05) is 0 Å². The Morgan fingerprint density at radius 2 is 1.89 bits per heavy atom. The summed E-state index contributed by atoms with van der Waals surface area (Å²) in [7, 11) is 3.62. The number of primary amides is 1. The van der Waals surface area contributed by atoms with Crippen LogP contribution in [-0.4, -0.2) is 66.5 Å². The van der Waals surface area contributed by atoms with Gasteiger partial charge in [0, 0.05) is 60.6 Å². The number of piperidine rings is 1. The lowest BCUT2D eigenvalue weighted by Gasteiger charge is -2.27. The fourth-order valence-corrected chi connectivity index (χ4v) is 7.34.